The highest BCUT2D eigenvalue weighted by Crippen LogP contribution is 2.20. The molecule has 1 aliphatic heterocycles. The van der Waals surface area contributed by atoms with Crippen LogP contribution in [0.4, 0.5) is 0 Å². The molecule has 0 saturated carbocycles. The van der Waals surface area contributed by atoms with Gasteiger partial charge in [-0.05, 0) is 6.07 Å². The number of Topliss-reactive ketones (excluding diaryl/α,β-unsaturated/α-hetero) is 1. The van der Waals surface area contributed by atoms with E-state index in [1.165, 1.54) is 20.3 Å². The second-order valence-electron chi connectivity index (χ2n) is 4.01. The average molecular weight is 265 g/mol. The highest BCUT2D eigenvalue weighted by atomic mass is 16.5. The molecule has 19 heavy (non-hydrogen) atoms. The van der Waals surface area contributed by atoms with Gasteiger partial charge in [-0.1, -0.05) is 0 Å². The standard InChI is InChI=1S/C12H11NO6/c1-18-11(16)6-3-8-10(15)7(12(17)19-2)5-13(8)9(14)4-6/h3-4,7H,5H2,1-2H3. The summed E-state index contributed by atoms with van der Waals surface area (Å²) < 4.78 is 10.1. The number of fused-ring (bicyclic) bond motifs is 1. The van der Waals surface area contributed by atoms with Crippen molar-refractivity contribution >= 4 is 17.7 Å². The molecule has 1 aliphatic rings. The summed E-state index contributed by atoms with van der Waals surface area (Å²) in [5.74, 6) is -2.98. The van der Waals surface area contributed by atoms with Gasteiger partial charge < -0.3 is 14.0 Å². The number of ether oxygens (including phenoxy) is 2. The molecule has 0 saturated heterocycles. The molecule has 0 radical (unpaired) electrons. The first kappa shape index (κ1) is 13.0. The van der Waals surface area contributed by atoms with Crippen LogP contribution in [-0.4, -0.2) is 36.5 Å². The number of rotatable bonds is 2. The lowest BCUT2D eigenvalue weighted by molar-refractivity contribution is -0.143. The maximum atomic E-state index is 12.0. The highest BCUT2D eigenvalue weighted by molar-refractivity contribution is 6.10. The molecule has 1 unspecified atom stereocenters. The number of aromatic nitrogens is 1. The Morgan fingerprint density at radius 1 is 1.21 bits per heavy atom. The van der Waals surface area contributed by atoms with Gasteiger partial charge >= 0.3 is 11.9 Å². The minimum absolute atomic E-state index is 0.0161. The number of hydrogen-bond acceptors (Lipinski definition) is 6. The number of carbonyl (C=O) groups excluding carboxylic acids is 3. The van der Waals surface area contributed by atoms with E-state index in [-0.39, 0.29) is 17.8 Å². The zero-order valence-electron chi connectivity index (χ0n) is 10.3. The molecule has 0 aliphatic carbocycles. The van der Waals surface area contributed by atoms with Crippen molar-refractivity contribution in [3.63, 3.8) is 0 Å². The van der Waals surface area contributed by atoms with Gasteiger partial charge in [-0.2, -0.15) is 0 Å². The lowest BCUT2D eigenvalue weighted by atomic mass is 10.1. The largest absolute Gasteiger partial charge is 0.468 e. The number of carbonyl (C=O) groups is 3. The SMILES string of the molecule is COC(=O)c1cc2n(c(=O)c1)CC(C(=O)OC)C2=O. The predicted molar refractivity (Wildman–Crippen MR) is 61.9 cm³/mol. The molecule has 1 aromatic rings. The molecule has 2 rings (SSSR count). The summed E-state index contributed by atoms with van der Waals surface area (Å²) in [5.41, 5.74) is -0.529. The van der Waals surface area contributed by atoms with E-state index < -0.39 is 29.2 Å². The maximum absolute atomic E-state index is 12.0. The van der Waals surface area contributed by atoms with E-state index in [1.807, 2.05) is 0 Å². The lowest BCUT2D eigenvalue weighted by Gasteiger charge is -2.03. The normalized spacial score (nSPS) is 16.9. The van der Waals surface area contributed by atoms with E-state index in [4.69, 9.17) is 0 Å². The summed E-state index contributed by atoms with van der Waals surface area (Å²) in [5, 5.41) is 0. The third-order valence-electron chi connectivity index (χ3n) is 2.97. The molecule has 7 heteroatoms. The van der Waals surface area contributed by atoms with Crippen LogP contribution in [0.3, 0.4) is 0 Å². The minimum atomic E-state index is -1.04. The van der Waals surface area contributed by atoms with Gasteiger partial charge in [0, 0.05) is 12.6 Å². The predicted octanol–water partition coefficient (Wildman–Crippen LogP) is -0.380. The number of ketones is 1. The number of pyridine rings is 1. The fourth-order valence-electron chi connectivity index (χ4n) is 1.99. The molecule has 0 fully saturated rings. The van der Waals surface area contributed by atoms with E-state index >= 15 is 0 Å². The molecule has 0 bridgehead atoms. The van der Waals surface area contributed by atoms with Gasteiger partial charge in [0.05, 0.1) is 25.5 Å². The van der Waals surface area contributed by atoms with Gasteiger partial charge in [0.2, 0.25) is 0 Å². The summed E-state index contributed by atoms with van der Waals surface area (Å²) in [7, 11) is 2.34. The average Bonchev–Trinajstić information content (AvgIpc) is 2.75. The van der Waals surface area contributed by atoms with Crippen molar-refractivity contribution < 1.29 is 23.9 Å². The third kappa shape index (κ3) is 2.03. The molecule has 7 nitrogen and oxygen atoms in total. The monoisotopic (exact) mass is 265 g/mol. The Morgan fingerprint density at radius 2 is 1.89 bits per heavy atom. The first-order valence-electron chi connectivity index (χ1n) is 5.44. The molecule has 100 valence electrons. The van der Waals surface area contributed by atoms with E-state index in [9.17, 15) is 19.2 Å². The van der Waals surface area contributed by atoms with Crippen LogP contribution in [-0.2, 0) is 20.8 Å². The molecule has 0 spiro atoms. The summed E-state index contributed by atoms with van der Waals surface area (Å²) in [6, 6.07) is 2.32. The summed E-state index contributed by atoms with van der Waals surface area (Å²) in [4.78, 5) is 46.6. The van der Waals surface area contributed by atoms with Crippen molar-refractivity contribution in [3.8, 4) is 0 Å². The highest BCUT2D eigenvalue weighted by Gasteiger charge is 2.38. The summed E-state index contributed by atoms with van der Waals surface area (Å²) in [6.45, 7) is -0.0683. The lowest BCUT2D eigenvalue weighted by Crippen LogP contribution is -2.24. The van der Waals surface area contributed by atoms with Gasteiger partial charge in [-0.25, -0.2) is 4.79 Å². The Labute approximate surface area is 107 Å². The van der Waals surface area contributed by atoms with Crippen LogP contribution in [0.1, 0.15) is 20.8 Å². The van der Waals surface area contributed by atoms with Crippen molar-refractivity contribution in [3.05, 3.63) is 33.7 Å². The first-order chi connectivity index (χ1) is 8.99. The van der Waals surface area contributed by atoms with Gasteiger partial charge in [-0.3, -0.25) is 14.4 Å². The number of nitrogens with zero attached hydrogens (tertiary/aromatic N) is 1. The van der Waals surface area contributed by atoms with Crippen LogP contribution in [0.25, 0.3) is 0 Å². The van der Waals surface area contributed by atoms with E-state index in [0.29, 0.717) is 0 Å². The van der Waals surface area contributed by atoms with Crippen molar-refractivity contribution in [1.82, 2.24) is 4.57 Å². The molecule has 1 atom stereocenters. The molecule has 0 amide bonds. The number of hydrogen-bond donors (Lipinski definition) is 0. The van der Waals surface area contributed by atoms with E-state index in [0.717, 1.165) is 10.6 Å². The van der Waals surface area contributed by atoms with Crippen LogP contribution in [0.2, 0.25) is 0 Å². The molecule has 1 aromatic heterocycles. The zero-order chi connectivity index (χ0) is 14.2. The molecule has 0 N–H and O–H groups in total. The molecule has 2 heterocycles. The Hall–Kier alpha value is -2.44. The molecule has 0 aromatic carbocycles. The van der Waals surface area contributed by atoms with Crippen molar-refractivity contribution in [2.45, 2.75) is 6.54 Å². The Kier molecular flexibility index (Phi) is 3.20. The number of methoxy groups -OCH3 is 2. The van der Waals surface area contributed by atoms with Crippen LogP contribution >= 0.6 is 0 Å². The van der Waals surface area contributed by atoms with Crippen molar-refractivity contribution in [1.29, 1.82) is 0 Å². The van der Waals surface area contributed by atoms with Gasteiger partial charge in [0.15, 0.2) is 5.78 Å². The molecular formula is C12H11NO6. The Morgan fingerprint density at radius 3 is 2.47 bits per heavy atom. The van der Waals surface area contributed by atoms with E-state index in [1.54, 1.807) is 0 Å². The van der Waals surface area contributed by atoms with Crippen LogP contribution < -0.4 is 5.56 Å². The quantitative estimate of drug-likeness (QED) is 0.534. The van der Waals surface area contributed by atoms with Crippen molar-refractivity contribution in [2.24, 2.45) is 5.92 Å². The van der Waals surface area contributed by atoms with Gasteiger partial charge in [0.1, 0.15) is 5.92 Å². The second-order valence-corrected chi connectivity index (χ2v) is 4.01. The Balaban J connectivity index is 2.49. The Bertz CT molecular complexity index is 630. The smallest absolute Gasteiger partial charge is 0.338 e. The number of esters is 2. The van der Waals surface area contributed by atoms with Crippen LogP contribution in [0.5, 0.6) is 0 Å². The first-order valence-corrected chi connectivity index (χ1v) is 5.44. The topological polar surface area (TPSA) is 91.7 Å². The zero-order valence-corrected chi connectivity index (χ0v) is 10.3. The molecular weight excluding hydrogens is 254 g/mol. The van der Waals surface area contributed by atoms with Crippen molar-refractivity contribution in [2.75, 3.05) is 14.2 Å². The van der Waals surface area contributed by atoms with Gasteiger partial charge in [-0.15, -0.1) is 0 Å². The summed E-state index contributed by atoms with van der Waals surface area (Å²) >= 11 is 0. The fourth-order valence-corrected chi connectivity index (χ4v) is 1.99. The van der Waals surface area contributed by atoms with Crippen LogP contribution in [0, 0.1) is 5.92 Å². The third-order valence-corrected chi connectivity index (χ3v) is 2.97. The second kappa shape index (κ2) is 4.68. The fraction of sp³-hybridized carbons (Fsp3) is 0.333. The van der Waals surface area contributed by atoms with Gasteiger partial charge in [0.25, 0.3) is 5.56 Å². The maximum Gasteiger partial charge on any atom is 0.338 e. The summed E-state index contributed by atoms with van der Waals surface area (Å²) in [6.07, 6.45) is 0. The van der Waals surface area contributed by atoms with Crippen LogP contribution in [0.15, 0.2) is 16.9 Å². The minimum Gasteiger partial charge on any atom is -0.468 e. The van der Waals surface area contributed by atoms with E-state index in [2.05, 4.69) is 9.47 Å².